The van der Waals surface area contributed by atoms with Crippen LogP contribution in [-0.2, 0) is 14.3 Å². The Morgan fingerprint density at radius 2 is 1.18 bits per heavy atom. The minimum atomic E-state index is -6.88. The van der Waals surface area contributed by atoms with Crippen LogP contribution >= 0.6 is 7.88 Å². The molecule has 0 radical (unpaired) electrons. The van der Waals surface area contributed by atoms with Gasteiger partial charge in [0.15, 0.2) is 6.61 Å². The third-order valence-electron chi connectivity index (χ3n) is 8.58. The van der Waals surface area contributed by atoms with E-state index in [9.17, 15) is 22.4 Å². The van der Waals surface area contributed by atoms with Crippen LogP contribution in [0.15, 0.2) is 118 Å². The van der Waals surface area contributed by atoms with E-state index in [1.807, 2.05) is 74.5 Å². The number of hydrogen-bond acceptors (Lipinski definition) is 7. The molecule has 55 heavy (non-hydrogen) atoms. The van der Waals surface area contributed by atoms with Crippen molar-refractivity contribution in [3.05, 3.63) is 120 Å². The zero-order valence-corrected chi connectivity index (χ0v) is 30.8. The molecule has 288 valence electrons. The lowest BCUT2D eigenvalue weighted by Gasteiger charge is -2.26. The molecule has 14 heteroatoms. The van der Waals surface area contributed by atoms with Crippen LogP contribution in [0, 0.1) is 13.8 Å². The maximum Gasteiger partial charge on any atom is 0.489 e. The Morgan fingerprint density at radius 1 is 0.727 bits per heavy atom. The molecular formula is C41H36F6O7P+. The van der Waals surface area contributed by atoms with Crippen LogP contribution < -0.4 is 9.47 Å². The number of carbonyl (C=O) groups excluding carboxylic acids is 1. The van der Waals surface area contributed by atoms with Crippen LogP contribution in [-0.4, -0.2) is 49.8 Å². The summed E-state index contributed by atoms with van der Waals surface area (Å²) in [5.41, 5.74) is -1.51. The molecule has 7 nitrogen and oxygen atoms in total. The minimum absolute atomic E-state index is 0.226. The molecule has 0 aliphatic heterocycles. The van der Waals surface area contributed by atoms with Crippen molar-refractivity contribution in [3.63, 3.8) is 0 Å². The summed E-state index contributed by atoms with van der Waals surface area (Å²) in [4.78, 5) is 11.5. The number of alkyl halides is 4. The molecular weight excluding hydrogens is 749 g/mol. The minimum Gasteiger partial charge on any atom is -0.491 e. The summed E-state index contributed by atoms with van der Waals surface area (Å²) in [6.45, 7) is 4.87. The molecule has 0 saturated heterocycles. The van der Waals surface area contributed by atoms with E-state index >= 15 is 8.39 Å². The summed E-state index contributed by atoms with van der Waals surface area (Å²) in [6, 6.07) is 28.8. The SMILES string of the molecule is C=C(C)C(=O)OCC(F)(F)C(F)(F)[P+](F)(F)COC(COc1ccc2cc(-c3ccc(C)cc3)oc2c1)COc1ccc2cc(-c3ccc(C)cc3)oc2c1. The molecule has 6 aromatic rings. The van der Waals surface area contributed by atoms with Crippen molar-refractivity contribution in [1.82, 2.24) is 0 Å². The van der Waals surface area contributed by atoms with Gasteiger partial charge >= 0.3 is 25.4 Å². The quantitative estimate of drug-likeness (QED) is 0.0418. The third-order valence-corrected chi connectivity index (χ3v) is 10.2. The Morgan fingerprint density at radius 3 is 1.62 bits per heavy atom. The van der Waals surface area contributed by atoms with Crippen LogP contribution in [0.1, 0.15) is 18.1 Å². The number of carbonyl (C=O) groups is 1. The van der Waals surface area contributed by atoms with Crippen LogP contribution in [0.3, 0.4) is 0 Å². The van der Waals surface area contributed by atoms with Crippen molar-refractivity contribution >= 4 is 35.8 Å². The number of benzene rings is 4. The second-order valence-corrected chi connectivity index (χ2v) is 15.2. The fourth-order valence-corrected chi connectivity index (χ4v) is 6.43. The maximum atomic E-state index is 15.0. The van der Waals surface area contributed by atoms with Gasteiger partial charge in [-0.05, 0) is 65.6 Å². The summed E-state index contributed by atoms with van der Waals surface area (Å²) >= 11 is 0. The first-order chi connectivity index (χ1) is 26.0. The van der Waals surface area contributed by atoms with E-state index < -0.39 is 57.7 Å². The van der Waals surface area contributed by atoms with Crippen LogP contribution in [0.25, 0.3) is 44.6 Å². The highest BCUT2D eigenvalue weighted by molar-refractivity contribution is 7.66. The predicted octanol–water partition coefficient (Wildman–Crippen LogP) is 12.1. The summed E-state index contributed by atoms with van der Waals surface area (Å²) in [5, 5.41) is 1.50. The van der Waals surface area contributed by atoms with Crippen molar-refractivity contribution in [3.8, 4) is 34.1 Å². The van der Waals surface area contributed by atoms with Crippen LogP contribution in [0.4, 0.5) is 26.0 Å². The van der Waals surface area contributed by atoms with E-state index in [2.05, 4.69) is 11.3 Å². The molecule has 0 aliphatic carbocycles. The van der Waals surface area contributed by atoms with Gasteiger partial charge in [-0.3, -0.25) is 0 Å². The normalized spacial score (nSPS) is 12.4. The Kier molecular flexibility index (Phi) is 11.4. The highest BCUT2D eigenvalue weighted by Gasteiger charge is 2.81. The molecule has 0 unspecified atom stereocenters. The molecule has 0 bridgehead atoms. The predicted molar refractivity (Wildman–Crippen MR) is 198 cm³/mol. The van der Waals surface area contributed by atoms with Gasteiger partial charge < -0.3 is 27.8 Å². The highest BCUT2D eigenvalue weighted by atomic mass is 31.2. The van der Waals surface area contributed by atoms with Gasteiger partial charge in [0.05, 0.1) is 0 Å². The van der Waals surface area contributed by atoms with E-state index in [0.29, 0.717) is 22.7 Å². The number of ether oxygens (including phenoxy) is 4. The zero-order valence-electron chi connectivity index (χ0n) is 29.9. The largest absolute Gasteiger partial charge is 0.491 e. The molecule has 0 spiro atoms. The average molecular weight is 786 g/mol. The van der Waals surface area contributed by atoms with Crippen molar-refractivity contribution in [2.75, 3.05) is 26.2 Å². The Labute approximate surface area is 313 Å². The second-order valence-electron chi connectivity index (χ2n) is 13.1. The highest BCUT2D eigenvalue weighted by Crippen LogP contribution is 2.77. The first-order valence-corrected chi connectivity index (χ1v) is 18.7. The van der Waals surface area contributed by atoms with Gasteiger partial charge in [0.2, 0.25) is 6.35 Å². The fourth-order valence-electron chi connectivity index (χ4n) is 5.33. The van der Waals surface area contributed by atoms with Crippen molar-refractivity contribution in [1.29, 1.82) is 0 Å². The number of furan rings is 2. The molecule has 0 aliphatic rings. The van der Waals surface area contributed by atoms with E-state index in [0.717, 1.165) is 39.9 Å². The van der Waals surface area contributed by atoms with Crippen molar-refractivity contribution in [2.24, 2.45) is 0 Å². The van der Waals surface area contributed by atoms with Gasteiger partial charge in [0.25, 0.3) is 0 Å². The number of esters is 1. The van der Waals surface area contributed by atoms with E-state index in [1.165, 1.54) is 0 Å². The van der Waals surface area contributed by atoms with Gasteiger partial charge in [-0.1, -0.05) is 66.2 Å². The maximum absolute atomic E-state index is 15.0. The molecule has 0 atom stereocenters. The Hall–Kier alpha value is -5.26. The number of fused-ring (bicyclic) bond motifs is 2. The van der Waals surface area contributed by atoms with Crippen molar-refractivity contribution in [2.45, 2.75) is 38.5 Å². The van der Waals surface area contributed by atoms with E-state index in [-0.39, 0.29) is 17.1 Å². The third kappa shape index (κ3) is 9.01. The topological polar surface area (TPSA) is 80.3 Å². The summed E-state index contributed by atoms with van der Waals surface area (Å²) in [6.07, 6.45) is -3.50. The number of rotatable bonds is 16. The van der Waals surface area contributed by atoms with Gasteiger partial charge in [0.1, 0.15) is 53.5 Å². The molecule has 4 aromatic carbocycles. The first kappa shape index (κ1) is 39.4. The lowest BCUT2D eigenvalue weighted by atomic mass is 10.1. The molecule has 2 aromatic heterocycles. The number of aryl methyl sites for hydroxylation is 2. The molecule has 0 fully saturated rings. The Bertz CT molecular complexity index is 2170. The van der Waals surface area contributed by atoms with Gasteiger partial charge in [0, 0.05) is 39.6 Å². The van der Waals surface area contributed by atoms with E-state index in [1.54, 1.807) is 36.4 Å². The lowest BCUT2D eigenvalue weighted by molar-refractivity contribution is -0.197. The van der Waals surface area contributed by atoms with E-state index in [4.69, 9.17) is 23.0 Å². The van der Waals surface area contributed by atoms with Crippen LogP contribution in [0.2, 0.25) is 0 Å². The van der Waals surface area contributed by atoms with Gasteiger partial charge in [-0.2, -0.15) is 17.6 Å². The number of hydrogen-bond donors (Lipinski definition) is 0. The first-order valence-electron chi connectivity index (χ1n) is 17.0. The van der Waals surface area contributed by atoms with Gasteiger partial charge in [-0.15, -0.1) is 0 Å². The Balaban J connectivity index is 1.18. The fraction of sp³-hybridized carbons (Fsp3) is 0.244. The monoisotopic (exact) mass is 785 g/mol. The molecule has 6 rings (SSSR count). The average Bonchev–Trinajstić information content (AvgIpc) is 3.78. The molecule has 2 heterocycles. The molecule has 0 saturated carbocycles. The smallest absolute Gasteiger partial charge is 0.489 e. The summed E-state index contributed by atoms with van der Waals surface area (Å²) < 4.78 is 121. The van der Waals surface area contributed by atoms with Crippen LogP contribution in [0.5, 0.6) is 11.5 Å². The number of halogens is 6. The standard InChI is InChI=1S/C41H36F6O7P/c1-25(2)39(48)51-23-40(42,43)41(44,45)55(46,47)24-52-34(21-49-32-15-13-30-17-35(53-37(30)19-32)28-9-5-26(3)6-10-28)22-50-33-16-14-31-18-36(54-38(31)20-33)29-11-7-27(4)8-12-29/h5-20,34H,1,21-24H2,2-4H3/q+1. The lowest BCUT2D eigenvalue weighted by Crippen LogP contribution is -2.45. The zero-order chi connectivity index (χ0) is 39.5. The summed E-state index contributed by atoms with van der Waals surface area (Å²) in [5.74, 6) is -5.19. The summed E-state index contributed by atoms with van der Waals surface area (Å²) in [7, 11) is -6.88. The molecule has 0 amide bonds. The molecule has 0 N–H and O–H groups in total. The second kappa shape index (κ2) is 15.8. The van der Waals surface area contributed by atoms with Crippen molar-refractivity contribution < 1.29 is 58.5 Å². The van der Waals surface area contributed by atoms with Gasteiger partial charge in [-0.25, -0.2) is 4.79 Å².